The van der Waals surface area contributed by atoms with Crippen LogP contribution >= 0.6 is 15.9 Å². The Bertz CT molecular complexity index is 527. The number of hydrogen-bond donors (Lipinski definition) is 1. The van der Waals surface area contributed by atoms with Gasteiger partial charge in [-0.15, -0.1) is 0 Å². The Kier molecular flexibility index (Phi) is 4.26. The number of rotatable bonds is 2. The Morgan fingerprint density at radius 1 is 1.37 bits per heavy atom. The highest BCUT2D eigenvalue weighted by Crippen LogP contribution is 2.37. The van der Waals surface area contributed by atoms with Gasteiger partial charge in [0.2, 0.25) is 5.91 Å². The molecule has 1 aromatic carbocycles. The molecule has 0 aromatic heterocycles. The molecule has 0 heterocycles. The number of carbonyl (C=O) groups excluding carboxylic acids is 1. The van der Waals surface area contributed by atoms with E-state index in [1.807, 2.05) is 6.92 Å². The average molecular weight is 321 g/mol. The summed E-state index contributed by atoms with van der Waals surface area (Å²) in [7, 11) is 0. The maximum atomic E-state index is 12.4. The molecule has 0 bridgehead atoms. The van der Waals surface area contributed by atoms with Gasteiger partial charge >= 0.3 is 0 Å². The number of benzene rings is 1. The molecule has 1 N–H and O–H groups in total. The third kappa shape index (κ3) is 3.16. The Morgan fingerprint density at radius 2 is 2.05 bits per heavy atom. The zero-order valence-corrected chi connectivity index (χ0v) is 12.6. The number of halogens is 1. The number of anilines is 1. The van der Waals surface area contributed by atoms with E-state index >= 15 is 0 Å². The molecule has 1 aliphatic carbocycles. The van der Waals surface area contributed by atoms with Crippen molar-refractivity contribution in [3.8, 4) is 6.07 Å². The number of amides is 1. The van der Waals surface area contributed by atoms with Crippen LogP contribution in [0.4, 0.5) is 5.69 Å². The molecule has 0 aliphatic heterocycles. The van der Waals surface area contributed by atoms with Crippen LogP contribution in [0.25, 0.3) is 0 Å². The summed E-state index contributed by atoms with van der Waals surface area (Å²) in [5.74, 6) is 0.0294. The predicted molar refractivity (Wildman–Crippen MR) is 78.7 cm³/mol. The van der Waals surface area contributed by atoms with Crippen molar-refractivity contribution in [3.05, 3.63) is 28.2 Å². The molecule has 0 unspecified atom stereocenters. The minimum absolute atomic E-state index is 0.0294. The summed E-state index contributed by atoms with van der Waals surface area (Å²) in [4.78, 5) is 12.4. The molecule has 1 fully saturated rings. The second-order valence-corrected chi connectivity index (χ2v) is 6.29. The maximum absolute atomic E-state index is 12.4. The first-order valence-corrected chi connectivity index (χ1v) is 7.35. The smallest absolute Gasteiger partial charge is 0.230 e. The van der Waals surface area contributed by atoms with Crippen LogP contribution in [0.1, 0.15) is 44.6 Å². The van der Waals surface area contributed by atoms with Gasteiger partial charge in [-0.05, 0) is 31.0 Å². The molecular formula is C15H17BrN2O. The molecule has 1 saturated carbocycles. The molecule has 1 aromatic rings. The summed E-state index contributed by atoms with van der Waals surface area (Å²) >= 11 is 3.36. The minimum atomic E-state index is -0.298. The standard InChI is InChI=1S/C15H17BrN2O/c1-15(7-3-2-4-8-15)14(19)18-13-9-12(16)6-5-11(13)10-17/h5-6,9H,2-4,7-8H2,1H3,(H,18,19). The molecule has 0 atom stereocenters. The second-order valence-electron chi connectivity index (χ2n) is 5.38. The van der Waals surface area contributed by atoms with E-state index in [2.05, 4.69) is 27.3 Å². The molecule has 0 saturated heterocycles. The first-order chi connectivity index (χ1) is 9.05. The van der Waals surface area contributed by atoms with E-state index in [-0.39, 0.29) is 11.3 Å². The third-order valence-corrected chi connectivity index (χ3v) is 4.35. The third-order valence-electron chi connectivity index (χ3n) is 3.86. The monoisotopic (exact) mass is 320 g/mol. The SMILES string of the molecule is CC1(C(=O)Nc2cc(Br)ccc2C#N)CCCCC1. The van der Waals surface area contributed by atoms with Crippen LogP contribution in [0.3, 0.4) is 0 Å². The van der Waals surface area contributed by atoms with Crippen LogP contribution in [0, 0.1) is 16.7 Å². The van der Waals surface area contributed by atoms with Gasteiger partial charge in [0.25, 0.3) is 0 Å². The Labute approximate surface area is 122 Å². The van der Waals surface area contributed by atoms with Gasteiger partial charge in [0, 0.05) is 9.89 Å². The van der Waals surface area contributed by atoms with Crippen LogP contribution in [0.5, 0.6) is 0 Å². The van der Waals surface area contributed by atoms with Crippen molar-refractivity contribution < 1.29 is 4.79 Å². The van der Waals surface area contributed by atoms with Crippen molar-refractivity contribution in [1.29, 1.82) is 5.26 Å². The molecule has 19 heavy (non-hydrogen) atoms. The van der Waals surface area contributed by atoms with Gasteiger partial charge in [0.1, 0.15) is 6.07 Å². The topological polar surface area (TPSA) is 52.9 Å². The molecule has 100 valence electrons. The van der Waals surface area contributed by atoms with Crippen molar-refractivity contribution in [3.63, 3.8) is 0 Å². The normalized spacial score (nSPS) is 17.5. The van der Waals surface area contributed by atoms with Crippen LogP contribution in [0.2, 0.25) is 0 Å². The van der Waals surface area contributed by atoms with Crippen LogP contribution in [-0.4, -0.2) is 5.91 Å². The molecule has 1 amide bonds. The highest BCUT2D eigenvalue weighted by molar-refractivity contribution is 9.10. The molecule has 4 heteroatoms. The fourth-order valence-corrected chi connectivity index (χ4v) is 2.91. The summed E-state index contributed by atoms with van der Waals surface area (Å²) < 4.78 is 0.857. The molecule has 0 spiro atoms. The Morgan fingerprint density at radius 3 is 2.68 bits per heavy atom. The van der Waals surface area contributed by atoms with Gasteiger partial charge in [-0.3, -0.25) is 4.79 Å². The zero-order chi connectivity index (χ0) is 13.9. The molecular weight excluding hydrogens is 304 g/mol. The van der Waals surface area contributed by atoms with Crippen molar-refractivity contribution >= 4 is 27.5 Å². The number of hydrogen-bond acceptors (Lipinski definition) is 2. The summed E-state index contributed by atoms with van der Waals surface area (Å²) in [6.45, 7) is 2.02. The van der Waals surface area contributed by atoms with Gasteiger partial charge in [-0.1, -0.05) is 42.1 Å². The van der Waals surface area contributed by atoms with Crippen molar-refractivity contribution in [1.82, 2.24) is 0 Å². The van der Waals surface area contributed by atoms with Crippen molar-refractivity contribution in [2.45, 2.75) is 39.0 Å². The van der Waals surface area contributed by atoms with Gasteiger partial charge in [0.15, 0.2) is 0 Å². The number of nitrogens with one attached hydrogen (secondary N) is 1. The molecule has 0 radical (unpaired) electrons. The molecule has 3 nitrogen and oxygen atoms in total. The first-order valence-electron chi connectivity index (χ1n) is 6.56. The zero-order valence-electron chi connectivity index (χ0n) is 11.0. The summed E-state index contributed by atoms with van der Waals surface area (Å²) in [5, 5.41) is 12.0. The van der Waals surface area contributed by atoms with Crippen molar-refractivity contribution in [2.75, 3.05) is 5.32 Å². The summed E-state index contributed by atoms with van der Waals surface area (Å²) in [6, 6.07) is 7.40. The fraction of sp³-hybridized carbons (Fsp3) is 0.467. The number of nitriles is 1. The van der Waals surface area contributed by atoms with Crippen LogP contribution < -0.4 is 5.32 Å². The van der Waals surface area contributed by atoms with E-state index in [0.717, 1.165) is 30.2 Å². The Hall–Kier alpha value is -1.34. The van der Waals surface area contributed by atoms with Gasteiger partial charge in [-0.25, -0.2) is 0 Å². The lowest BCUT2D eigenvalue weighted by atomic mass is 9.75. The molecule has 1 aliphatic rings. The van der Waals surface area contributed by atoms with Gasteiger partial charge < -0.3 is 5.32 Å². The largest absolute Gasteiger partial charge is 0.324 e. The summed E-state index contributed by atoms with van der Waals surface area (Å²) in [5.41, 5.74) is 0.789. The van der Waals surface area contributed by atoms with E-state index in [4.69, 9.17) is 5.26 Å². The lowest BCUT2D eigenvalue weighted by Gasteiger charge is -2.32. The fourth-order valence-electron chi connectivity index (χ4n) is 2.55. The highest BCUT2D eigenvalue weighted by atomic mass is 79.9. The summed E-state index contributed by atoms with van der Waals surface area (Å²) in [6.07, 6.45) is 5.27. The van der Waals surface area contributed by atoms with Crippen molar-refractivity contribution in [2.24, 2.45) is 5.41 Å². The van der Waals surface area contributed by atoms with Crippen LogP contribution in [0.15, 0.2) is 22.7 Å². The van der Waals surface area contributed by atoms with E-state index in [1.165, 1.54) is 6.42 Å². The first kappa shape index (κ1) is 14.1. The predicted octanol–water partition coefficient (Wildman–Crippen LogP) is 4.23. The highest BCUT2D eigenvalue weighted by Gasteiger charge is 2.34. The lowest BCUT2D eigenvalue weighted by molar-refractivity contribution is -0.126. The van der Waals surface area contributed by atoms with Gasteiger partial charge in [0.05, 0.1) is 11.3 Å². The number of nitrogens with zero attached hydrogens (tertiary/aromatic N) is 1. The molecule has 2 rings (SSSR count). The average Bonchev–Trinajstić information content (AvgIpc) is 2.40. The second kappa shape index (κ2) is 5.75. The van der Waals surface area contributed by atoms with Crippen LogP contribution in [-0.2, 0) is 4.79 Å². The van der Waals surface area contributed by atoms with Gasteiger partial charge in [-0.2, -0.15) is 5.26 Å². The number of carbonyl (C=O) groups is 1. The lowest BCUT2D eigenvalue weighted by Crippen LogP contribution is -2.35. The maximum Gasteiger partial charge on any atom is 0.230 e. The van der Waals surface area contributed by atoms with E-state index in [9.17, 15) is 4.79 Å². The van der Waals surface area contributed by atoms with E-state index in [0.29, 0.717) is 11.3 Å². The quantitative estimate of drug-likeness (QED) is 0.886. The van der Waals surface area contributed by atoms with E-state index in [1.54, 1.807) is 18.2 Å². The Balaban J connectivity index is 2.19. The minimum Gasteiger partial charge on any atom is -0.324 e. The van der Waals surface area contributed by atoms with E-state index < -0.39 is 0 Å².